The number of halogens is 1. The van der Waals surface area contributed by atoms with Crippen LogP contribution in [0.1, 0.15) is 10.4 Å². The summed E-state index contributed by atoms with van der Waals surface area (Å²) in [7, 11) is 1.50. The molecular formula is C16H25IN2O6. The van der Waals surface area contributed by atoms with Crippen LogP contribution in [0.25, 0.3) is 0 Å². The summed E-state index contributed by atoms with van der Waals surface area (Å²) in [4.78, 5) is 23.3. The average Bonchev–Trinajstić information content (AvgIpc) is 2.64. The number of rotatable bonds is 11. The number of ether oxygens (including phenoxy) is 4. The first kappa shape index (κ1) is 23.7. The van der Waals surface area contributed by atoms with E-state index in [4.69, 9.17) is 24.7 Å². The molecule has 1 unspecified atom stereocenters. The van der Waals surface area contributed by atoms with Crippen LogP contribution in [-0.4, -0.2) is 62.7 Å². The number of hydrogen-bond acceptors (Lipinski definition) is 8. The van der Waals surface area contributed by atoms with Gasteiger partial charge in [0, 0.05) is 12.1 Å². The van der Waals surface area contributed by atoms with Gasteiger partial charge in [-0.05, 0) is 29.6 Å². The van der Waals surface area contributed by atoms with Crippen molar-refractivity contribution >= 4 is 34.5 Å². The predicted molar refractivity (Wildman–Crippen MR) is 102 cm³/mol. The van der Waals surface area contributed by atoms with E-state index in [0.717, 1.165) is 0 Å². The molecular weight excluding hydrogens is 443 g/mol. The van der Waals surface area contributed by atoms with Gasteiger partial charge in [0.15, 0.2) is 11.9 Å². The highest BCUT2D eigenvalue weighted by molar-refractivity contribution is 14.1. The third-order valence-corrected chi connectivity index (χ3v) is 2.95. The first-order valence-electron chi connectivity index (χ1n) is 7.58. The van der Waals surface area contributed by atoms with Gasteiger partial charge in [-0.3, -0.25) is 4.79 Å². The second-order valence-electron chi connectivity index (χ2n) is 4.41. The van der Waals surface area contributed by atoms with Gasteiger partial charge in [0.05, 0.1) is 19.8 Å². The number of alkyl halides is 1. The zero-order valence-corrected chi connectivity index (χ0v) is 16.3. The van der Waals surface area contributed by atoms with Crippen molar-refractivity contribution in [2.75, 3.05) is 44.6 Å². The number of hydrogen-bond donors (Lipinski definition) is 2. The van der Waals surface area contributed by atoms with Gasteiger partial charge in [0.25, 0.3) is 0 Å². The van der Waals surface area contributed by atoms with Crippen molar-refractivity contribution in [2.45, 2.75) is 6.10 Å². The van der Waals surface area contributed by atoms with E-state index in [-0.39, 0.29) is 30.2 Å². The first-order valence-corrected chi connectivity index (χ1v) is 9.10. The average molecular weight is 468 g/mol. The van der Waals surface area contributed by atoms with Gasteiger partial charge in [0.1, 0.15) is 11.2 Å². The molecule has 8 nitrogen and oxygen atoms in total. The largest absolute Gasteiger partial charge is 0.509 e. The van der Waals surface area contributed by atoms with E-state index in [9.17, 15) is 9.59 Å². The highest BCUT2D eigenvalue weighted by Gasteiger charge is 2.17. The SMILES string of the molecule is CN.NCCOCC(COCC(=O)c1ccccc1)OC(=O)OCI. The van der Waals surface area contributed by atoms with E-state index in [2.05, 4.69) is 5.73 Å². The van der Waals surface area contributed by atoms with E-state index in [1.54, 1.807) is 24.3 Å². The molecule has 0 saturated carbocycles. The molecule has 1 rings (SSSR count). The summed E-state index contributed by atoms with van der Waals surface area (Å²) in [6.45, 7) is 0.733. The van der Waals surface area contributed by atoms with Crippen LogP contribution in [-0.2, 0) is 18.9 Å². The van der Waals surface area contributed by atoms with Crippen molar-refractivity contribution in [1.82, 2.24) is 0 Å². The van der Waals surface area contributed by atoms with E-state index >= 15 is 0 Å². The lowest BCUT2D eigenvalue weighted by Gasteiger charge is -2.17. The highest BCUT2D eigenvalue weighted by atomic mass is 127. The highest BCUT2D eigenvalue weighted by Crippen LogP contribution is 2.03. The Morgan fingerprint density at radius 3 is 2.36 bits per heavy atom. The lowest BCUT2D eigenvalue weighted by molar-refractivity contribution is -0.0436. The van der Waals surface area contributed by atoms with Crippen molar-refractivity contribution in [3.05, 3.63) is 35.9 Å². The summed E-state index contributed by atoms with van der Waals surface area (Å²) in [6, 6.07) is 8.80. The molecule has 0 aromatic heterocycles. The maximum Gasteiger partial charge on any atom is 0.509 e. The van der Waals surface area contributed by atoms with Crippen LogP contribution in [0.15, 0.2) is 30.3 Å². The molecule has 0 saturated heterocycles. The molecule has 0 radical (unpaired) electrons. The van der Waals surface area contributed by atoms with Gasteiger partial charge < -0.3 is 30.4 Å². The maximum atomic E-state index is 11.9. The van der Waals surface area contributed by atoms with Crippen LogP contribution in [0.3, 0.4) is 0 Å². The Labute approximate surface area is 161 Å². The lowest BCUT2D eigenvalue weighted by atomic mass is 10.1. The zero-order chi connectivity index (χ0) is 18.9. The third-order valence-electron chi connectivity index (χ3n) is 2.63. The predicted octanol–water partition coefficient (Wildman–Crippen LogP) is 1.35. The van der Waals surface area contributed by atoms with Crippen molar-refractivity contribution < 1.29 is 28.5 Å². The lowest BCUT2D eigenvalue weighted by Crippen LogP contribution is -2.30. The van der Waals surface area contributed by atoms with Crippen molar-refractivity contribution in [3.8, 4) is 0 Å². The van der Waals surface area contributed by atoms with Crippen LogP contribution in [0.4, 0.5) is 4.79 Å². The number of carbonyl (C=O) groups excluding carboxylic acids is 2. The Morgan fingerprint density at radius 2 is 1.76 bits per heavy atom. The monoisotopic (exact) mass is 468 g/mol. The minimum Gasteiger partial charge on any atom is -0.426 e. The number of ketones is 1. The maximum absolute atomic E-state index is 11.9. The molecule has 0 spiro atoms. The van der Waals surface area contributed by atoms with Crippen LogP contribution >= 0.6 is 22.6 Å². The Balaban J connectivity index is 0.00000277. The normalized spacial score (nSPS) is 11.0. The smallest absolute Gasteiger partial charge is 0.426 e. The molecule has 0 aliphatic rings. The fourth-order valence-corrected chi connectivity index (χ4v) is 1.87. The van der Waals surface area contributed by atoms with Crippen molar-refractivity contribution in [2.24, 2.45) is 11.5 Å². The Kier molecular flexibility index (Phi) is 15.4. The molecule has 0 amide bonds. The van der Waals surface area contributed by atoms with Crippen LogP contribution in [0.5, 0.6) is 0 Å². The molecule has 25 heavy (non-hydrogen) atoms. The van der Waals surface area contributed by atoms with E-state index in [1.165, 1.54) is 7.05 Å². The quantitative estimate of drug-likeness (QED) is 0.164. The minimum atomic E-state index is -0.807. The first-order chi connectivity index (χ1) is 12.2. The standard InChI is InChI=1S/C15H20INO6.CH5N/c16-11-22-15(19)23-13(8-20-7-6-17)9-21-10-14(18)12-4-2-1-3-5-12;1-2/h1-5,13H,6-11,17H2;2H2,1H3. The minimum absolute atomic E-state index is 0.0273. The van der Waals surface area contributed by atoms with Gasteiger partial charge >= 0.3 is 6.16 Å². The summed E-state index contributed by atoms with van der Waals surface area (Å²) in [5, 5.41) is 0. The van der Waals surface area contributed by atoms with Crippen molar-refractivity contribution in [3.63, 3.8) is 0 Å². The molecule has 0 aliphatic heterocycles. The van der Waals surface area contributed by atoms with Gasteiger partial charge in [-0.2, -0.15) is 0 Å². The topological polar surface area (TPSA) is 123 Å². The third kappa shape index (κ3) is 11.8. The molecule has 1 aromatic rings. The molecule has 4 N–H and O–H groups in total. The fraction of sp³-hybridized carbons (Fsp3) is 0.500. The Hall–Kier alpha value is -1.27. The van der Waals surface area contributed by atoms with Crippen molar-refractivity contribution in [1.29, 1.82) is 0 Å². The molecule has 142 valence electrons. The Morgan fingerprint density at radius 1 is 1.12 bits per heavy atom. The van der Waals surface area contributed by atoms with Gasteiger partial charge in [-0.1, -0.05) is 30.3 Å². The number of carbonyl (C=O) groups is 2. The van der Waals surface area contributed by atoms with Gasteiger partial charge in [-0.25, -0.2) is 4.79 Å². The van der Waals surface area contributed by atoms with E-state index < -0.39 is 12.3 Å². The van der Waals surface area contributed by atoms with Crippen LogP contribution in [0.2, 0.25) is 0 Å². The number of benzene rings is 1. The fourth-order valence-electron chi connectivity index (χ4n) is 1.62. The van der Waals surface area contributed by atoms with Crippen LogP contribution in [0, 0.1) is 0 Å². The molecule has 0 bridgehead atoms. The summed E-state index contributed by atoms with van der Waals surface area (Å²) in [5.41, 5.74) is 10.4. The molecule has 0 heterocycles. The van der Waals surface area contributed by atoms with E-state index in [0.29, 0.717) is 18.7 Å². The molecule has 9 heteroatoms. The number of Topliss-reactive ketones (excluding diaryl/α,β-unsaturated/α-hetero) is 1. The summed E-state index contributed by atoms with van der Waals surface area (Å²) < 4.78 is 20.5. The van der Waals surface area contributed by atoms with Gasteiger partial charge in [0.2, 0.25) is 0 Å². The zero-order valence-electron chi connectivity index (χ0n) is 14.2. The molecule has 0 fully saturated rings. The van der Waals surface area contributed by atoms with Gasteiger partial charge in [-0.15, -0.1) is 0 Å². The second kappa shape index (κ2) is 16.2. The Bertz CT molecular complexity index is 475. The van der Waals surface area contributed by atoms with E-state index in [1.807, 2.05) is 28.7 Å². The molecule has 0 aliphatic carbocycles. The molecule has 1 aromatic carbocycles. The second-order valence-corrected chi connectivity index (χ2v) is 5.03. The summed E-state index contributed by atoms with van der Waals surface area (Å²) in [6.07, 6.45) is -1.47. The summed E-state index contributed by atoms with van der Waals surface area (Å²) in [5.74, 6) is -0.151. The summed E-state index contributed by atoms with van der Waals surface area (Å²) >= 11 is 1.88. The van der Waals surface area contributed by atoms with Crippen LogP contribution < -0.4 is 11.5 Å². The molecule has 1 atom stereocenters. The number of nitrogens with two attached hydrogens (primary N) is 2.